The Bertz CT molecular complexity index is 3740. The van der Waals surface area contributed by atoms with E-state index in [2.05, 4.69) is 237 Å². The predicted octanol–water partition coefficient (Wildman–Crippen LogP) is 19.2. The lowest BCUT2D eigenvalue weighted by Gasteiger charge is -2.30. The van der Waals surface area contributed by atoms with Gasteiger partial charge in [0.15, 0.2) is 11.2 Å². The lowest BCUT2D eigenvalue weighted by atomic mass is 9.85. The number of furan rings is 2. The molecule has 0 radical (unpaired) electrons. The molecule has 0 aliphatic carbocycles. The largest absolute Gasteiger partial charge is 0.454 e. The summed E-state index contributed by atoms with van der Waals surface area (Å²) in [5.74, 6) is 0. The lowest BCUT2D eigenvalue weighted by molar-refractivity contribution is 0.572. The van der Waals surface area contributed by atoms with E-state index in [9.17, 15) is 0 Å². The van der Waals surface area contributed by atoms with Gasteiger partial charge in [0.25, 0.3) is 0 Å². The Labute approximate surface area is 398 Å². The van der Waals surface area contributed by atoms with Gasteiger partial charge in [-0.3, -0.25) is 0 Å². The number of benzene rings is 10. The molecule has 12 rings (SSSR count). The number of hydrogen-bond acceptors (Lipinski definition) is 4. The van der Waals surface area contributed by atoms with Crippen molar-refractivity contribution in [1.29, 1.82) is 0 Å². The zero-order valence-corrected chi connectivity index (χ0v) is 40.7. The SMILES string of the molecule is Cc1cc(C(C)(C)C)c2oc3c(N(c4ccccc4C)c4ccc5ccc6c(N(c7ccccc7C)c7cccc8c7oc7c(C(C)(C)C)cc(C)cc78)ccc7ccc4c5c76)cccc3c2c1. The lowest BCUT2D eigenvalue weighted by Crippen LogP contribution is -2.13. The van der Waals surface area contributed by atoms with Crippen LogP contribution in [-0.2, 0) is 10.8 Å². The van der Waals surface area contributed by atoms with E-state index in [4.69, 9.17) is 8.83 Å². The van der Waals surface area contributed by atoms with Crippen molar-refractivity contribution in [2.24, 2.45) is 0 Å². The topological polar surface area (TPSA) is 32.8 Å². The quantitative estimate of drug-likeness (QED) is 0.156. The average molecular weight is 885 g/mol. The van der Waals surface area contributed by atoms with Crippen LogP contribution in [0, 0.1) is 27.7 Å². The fourth-order valence-corrected chi connectivity index (χ4v) is 11.1. The van der Waals surface area contributed by atoms with Gasteiger partial charge in [0, 0.05) is 54.8 Å². The van der Waals surface area contributed by atoms with Gasteiger partial charge in [-0.2, -0.15) is 0 Å². The molecule has 12 aromatic rings. The number of rotatable bonds is 6. The highest BCUT2D eigenvalue weighted by Gasteiger charge is 2.29. The van der Waals surface area contributed by atoms with Crippen LogP contribution in [0.15, 0.2) is 167 Å². The van der Waals surface area contributed by atoms with Crippen molar-refractivity contribution >= 4 is 110 Å². The van der Waals surface area contributed by atoms with E-state index >= 15 is 0 Å². The van der Waals surface area contributed by atoms with Crippen LogP contribution >= 0.6 is 0 Å². The summed E-state index contributed by atoms with van der Waals surface area (Å²) in [7, 11) is 0. The molecular weight excluding hydrogens is 829 g/mol. The van der Waals surface area contributed by atoms with E-state index in [0.29, 0.717) is 0 Å². The molecule has 0 bridgehead atoms. The molecule has 0 aliphatic rings. The van der Waals surface area contributed by atoms with Crippen molar-refractivity contribution in [2.75, 3.05) is 9.80 Å². The van der Waals surface area contributed by atoms with Crippen LogP contribution in [0.5, 0.6) is 0 Å². The maximum absolute atomic E-state index is 7.14. The minimum absolute atomic E-state index is 0.0960. The van der Waals surface area contributed by atoms with Gasteiger partial charge >= 0.3 is 0 Å². The number of anilines is 6. The van der Waals surface area contributed by atoms with E-state index in [1.807, 2.05) is 0 Å². The van der Waals surface area contributed by atoms with E-state index in [0.717, 1.165) is 78.0 Å². The van der Waals surface area contributed by atoms with E-state index in [1.165, 1.54) is 65.7 Å². The molecule has 0 unspecified atom stereocenters. The first-order chi connectivity index (χ1) is 32.7. The minimum atomic E-state index is -0.0960. The fraction of sp³-hybridized carbons (Fsp3) is 0.188. The van der Waals surface area contributed by atoms with Gasteiger partial charge < -0.3 is 18.6 Å². The maximum Gasteiger partial charge on any atom is 0.159 e. The van der Waals surface area contributed by atoms with Crippen LogP contribution in [0.2, 0.25) is 0 Å². The molecule has 68 heavy (non-hydrogen) atoms. The smallest absolute Gasteiger partial charge is 0.159 e. The van der Waals surface area contributed by atoms with Gasteiger partial charge in [0.1, 0.15) is 11.2 Å². The Morgan fingerprint density at radius 1 is 0.324 bits per heavy atom. The van der Waals surface area contributed by atoms with Gasteiger partial charge in [0.05, 0.1) is 22.7 Å². The zero-order chi connectivity index (χ0) is 47.0. The molecule has 0 fully saturated rings. The molecular formula is C64H56N2O2. The first-order valence-electron chi connectivity index (χ1n) is 24.0. The van der Waals surface area contributed by atoms with Crippen LogP contribution in [-0.4, -0.2) is 0 Å². The van der Waals surface area contributed by atoms with Crippen molar-refractivity contribution in [2.45, 2.75) is 80.1 Å². The summed E-state index contributed by atoms with van der Waals surface area (Å²) in [6.45, 7) is 22.4. The summed E-state index contributed by atoms with van der Waals surface area (Å²) in [6.07, 6.45) is 0. The Morgan fingerprint density at radius 3 is 1.10 bits per heavy atom. The third-order valence-electron chi connectivity index (χ3n) is 14.4. The minimum Gasteiger partial charge on any atom is -0.454 e. The van der Waals surface area contributed by atoms with Crippen LogP contribution in [0.1, 0.15) is 74.9 Å². The molecule has 10 aromatic carbocycles. The third-order valence-corrected chi connectivity index (χ3v) is 14.4. The molecule has 0 atom stereocenters. The maximum atomic E-state index is 7.14. The number of hydrogen-bond donors (Lipinski definition) is 0. The predicted molar refractivity (Wildman–Crippen MR) is 290 cm³/mol. The summed E-state index contributed by atoms with van der Waals surface area (Å²) in [5, 5.41) is 11.8. The van der Waals surface area contributed by atoms with E-state index in [-0.39, 0.29) is 10.8 Å². The Kier molecular flexibility index (Phi) is 9.21. The highest BCUT2D eigenvalue weighted by molar-refractivity contribution is 6.29. The van der Waals surface area contributed by atoms with Crippen molar-refractivity contribution in [1.82, 2.24) is 0 Å². The monoisotopic (exact) mass is 884 g/mol. The van der Waals surface area contributed by atoms with Gasteiger partial charge in [0.2, 0.25) is 0 Å². The molecule has 0 N–H and O–H groups in total. The number of aryl methyl sites for hydroxylation is 4. The Morgan fingerprint density at radius 2 is 0.706 bits per heavy atom. The standard InChI is InChI=1S/C64H56N2O2/c1-37-33-47-43-19-15-23-55(61(43)67-59(47)49(35-37)63(5,6)7)65(51-21-13-11-17-39(51)3)53-31-27-41-26-30-46-54(32-28-42-25-29-45(53)57(41)58(42)46)66(52-22-14-12-18-40(52)4)56-24-16-20-44-48-34-38(2)36-50(64(8,9)10)60(48)68-62(44)56/h11-36H,1-10H3. The normalized spacial score (nSPS) is 12.6. The summed E-state index contributed by atoms with van der Waals surface area (Å²) in [6, 6.07) is 58.3. The van der Waals surface area contributed by atoms with Crippen LogP contribution in [0.3, 0.4) is 0 Å². The van der Waals surface area contributed by atoms with Crippen molar-refractivity contribution < 1.29 is 8.83 Å². The molecule has 2 heterocycles. The molecule has 0 amide bonds. The highest BCUT2D eigenvalue weighted by Crippen LogP contribution is 2.52. The zero-order valence-electron chi connectivity index (χ0n) is 40.7. The number of para-hydroxylation sites is 4. The fourth-order valence-electron chi connectivity index (χ4n) is 11.1. The molecule has 334 valence electrons. The van der Waals surface area contributed by atoms with Crippen LogP contribution in [0.4, 0.5) is 34.1 Å². The third kappa shape index (κ3) is 6.34. The van der Waals surface area contributed by atoms with Gasteiger partial charge in [-0.15, -0.1) is 0 Å². The van der Waals surface area contributed by atoms with E-state index in [1.54, 1.807) is 0 Å². The average Bonchev–Trinajstić information content (AvgIpc) is 3.88. The van der Waals surface area contributed by atoms with Crippen molar-refractivity contribution in [3.63, 3.8) is 0 Å². The molecule has 2 aromatic heterocycles. The summed E-state index contributed by atoms with van der Waals surface area (Å²) in [4.78, 5) is 4.87. The van der Waals surface area contributed by atoms with Crippen LogP contribution in [0.25, 0.3) is 76.2 Å². The first-order valence-corrected chi connectivity index (χ1v) is 24.0. The Hall–Kier alpha value is -7.56. The molecule has 0 saturated carbocycles. The van der Waals surface area contributed by atoms with Crippen molar-refractivity contribution in [3.8, 4) is 0 Å². The summed E-state index contributed by atoms with van der Waals surface area (Å²) in [5.41, 5.74) is 17.2. The van der Waals surface area contributed by atoms with E-state index < -0.39 is 0 Å². The summed E-state index contributed by atoms with van der Waals surface area (Å²) < 4.78 is 14.3. The molecule has 0 spiro atoms. The molecule has 4 heteroatoms. The highest BCUT2D eigenvalue weighted by atomic mass is 16.3. The van der Waals surface area contributed by atoms with Gasteiger partial charge in [-0.1, -0.05) is 151 Å². The van der Waals surface area contributed by atoms with Gasteiger partial charge in [-0.25, -0.2) is 0 Å². The first kappa shape index (κ1) is 41.8. The number of nitrogens with zero attached hydrogens (tertiary/aromatic N) is 2. The van der Waals surface area contributed by atoms with Crippen molar-refractivity contribution in [3.05, 3.63) is 191 Å². The van der Waals surface area contributed by atoms with Crippen LogP contribution < -0.4 is 9.80 Å². The summed E-state index contributed by atoms with van der Waals surface area (Å²) >= 11 is 0. The second-order valence-electron chi connectivity index (χ2n) is 21.2. The second kappa shape index (κ2) is 15.0. The number of fused-ring (bicyclic) bond motifs is 6. The molecule has 0 aliphatic heterocycles. The Balaban J connectivity index is 1.13. The molecule has 0 saturated heterocycles. The second-order valence-corrected chi connectivity index (χ2v) is 21.2. The molecule has 4 nitrogen and oxygen atoms in total. The van der Waals surface area contributed by atoms with Gasteiger partial charge in [-0.05, 0) is 131 Å².